The van der Waals surface area contributed by atoms with Crippen molar-refractivity contribution in [3.05, 3.63) is 0 Å². The highest BCUT2D eigenvalue weighted by atomic mass is 16.6. The van der Waals surface area contributed by atoms with Gasteiger partial charge in [-0.25, -0.2) is 4.79 Å². The Hall–Kier alpha value is -0.810. The van der Waals surface area contributed by atoms with E-state index in [1.165, 1.54) is 0 Å². The highest BCUT2D eigenvalue weighted by molar-refractivity contribution is 5.68. The van der Waals surface area contributed by atoms with Gasteiger partial charge in [-0.2, -0.15) is 0 Å². The highest BCUT2D eigenvalue weighted by Crippen LogP contribution is 2.28. The standard InChI is InChI=1S/C12H22N2O3/c1-11(2,3)17-10(15)14-5-6-16-12(9-14)7-13(4)8-12/h5-9H2,1-4H3. The quantitative estimate of drug-likeness (QED) is 0.634. The molecule has 2 heterocycles. The summed E-state index contributed by atoms with van der Waals surface area (Å²) in [4.78, 5) is 15.9. The third kappa shape index (κ3) is 2.90. The van der Waals surface area contributed by atoms with E-state index in [1.807, 2.05) is 20.8 Å². The summed E-state index contributed by atoms with van der Waals surface area (Å²) in [5, 5.41) is 0. The lowest BCUT2D eigenvalue weighted by Crippen LogP contribution is -2.69. The van der Waals surface area contributed by atoms with Crippen LogP contribution in [0.4, 0.5) is 4.79 Å². The largest absolute Gasteiger partial charge is 0.444 e. The van der Waals surface area contributed by atoms with Gasteiger partial charge in [0.25, 0.3) is 0 Å². The molecule has 0 aliphatic carbocycles. The van der Waals surface area contributed by atoms with Crippen LogP contribution in [0, 0.1) is 0 Å². The van der Waals surface area contributed by atoms with Crippen molar-refractivity contribution in [3.63, 3.8) is 0 Å². The van der Waals surface area contributed by atoms with Gasteiger partial charge in [-0.15, -0.1) is 0 Å². The van der Waals surface area contributed by atoms with E-state index < -0.39 is 5.60 Å². The Labute approximate surface area is 103 Å². The van der Waals surface area contributed by atoms with Crippen LogP contribution in [0.15, 0.2) is 0 Å². The minimum Gasteiger partial charge on any atom is -0.444 e. The minimum absolute atomic E-state index is 0.149. The van der Waals surface area contributed by atoms with Gasteiger partial charge < -0.3 is 19.3 Å². The van der Waals surface area contributed by atoms with Crippen molar-refractivity contribution in [1.29, 1.82) is 0 Å². The van der Waals surface area contributed by atoms with Gasteiger partial charge in [-0.05, 0) is 27.8 Å². The summed E-state index contributed by atoms with van der Waals surface area (Å²) in [5.41, 5.74) is -0.580. The SMILES string of the molecule is CN1CC2(C1)CN(C(=O)OC(C)(C)C)CCO2. The number of likely N-dealkylation sites (N-methyl/N-ethyl adjacent to an activating group) is 1. The fraction of sp³-hybridized carbons (Fsp3) is 0.917. The van der Waals surface area contributed by atoms with Gasteiger partial charge in [-0.3, -0.25) is 0 Å². The zero-order chi connectivity index (χ0) is 12.7. The van der Waals surface area contributed by atoms with E-state index >= 15 is 0 Å². The summed E-state index contributed by atoms with van der Waals surface area (Å²) < 4.78 is 11.2. The second-order valence-corrected chi connectivity index (χ2v) is 6.11. The van der Waals surface area contributed by atoms with Crippen LogP contribution in [-0.2, 0) is 9.47 Å². The van der Waals surface area contributed by atoms with Gasteiger partial charge in [0.1, 0.15) is 11.2 Å². The predicted molar refractivity (Wildman–Crippen MR) is 64.0 cm³/mol. The summed E-state index contributed by atoms with van der Waals surface area (Å²) in [6.07, 6.45) is -0.227. The Morgan fingerprint density at radius 2 is 1.94 bits per heavy atom. The molecule has 2 aliphatic rings. The number of likely N-dealkylation sites (tertiary alicyclic amines) is 1. The zero-order valence-corrected chi connectivity index (χ0v) is 11.2. The first-order chi connectivity index (χ1) is 7.80. The molecule has 5 nitrogen and oxygen atoms in total. The number of morpholine rings is 1. The number of hydrogen-bond acceptors (Lipinski definition) is 4. The van der Waals surface area contributed by atoms with Crippen molar-refractivity contribution in [2.75, 3.05) is 39.8 Å². The summed E-state index contributed by atoms with van der Waals surface area (Å²) in [7, 11) is 2.06. The molecular weight excluding hydrogens is 220 g/mol. The molecule has 0 saturated carbocycles. The van der Waals surface area contributed by atoms with E-state index in [9.17, 15) is 4.79 Å². The molecule has 0 unspecified atom stereocenters. The maximum Gasteiger partial charge on any atom is 0.410 e. The lowest BCUT2D eigenvalue weighted by atomic mass is 9.93. The summed E-state index contributed by atoms with van der Waals surface area (Å²) in [6, 6.07) is 0. The van der Waals surface area contributed by atoms with Crippen molar-refractivity contribution in [3.8, 4) is 0 Å². The molecule has 1 spiro atoms. The van der Waals surface area contributed by atoms with Crippen LogP contribution in [-0.4, -0.2) is 66.9 Å². The molecular formula is C12H22N2O3. The van der Waals surface area contributed by atoms with Crippen LogP contribution in [0.5, 0.6) is 0 Å². The molecule has 0 N–H and O–H groups in total. The number of ether oxygens (including phenoxy) is 2. The van der Waals surface area contributed by atoms with Crippen LogP contribution in [0.25, 0.3) is 0 Å². The van der Waals surface area contributed by atoms with Crippen LogP contribution in [0.2, 0.25) is 0 Å². The average molecular weight is 242 g/mol. The van der Waals surface area contributed by atoms with Crippen LogP contribution >= 0.6 is 0 Å². The Morgan fingerprint density at radius 1 is 1.29 bits per heavy atom. The van der Waals surface area contributed by atoms with E-state index in [0.29, 0.717) is 19.7 Å². The van der Waals surface area contributed by atoms with Crippen molar-refractivity contribution >= 4 is 6.09 Å². The fourth-order valence-corrected chi connectivity index (χ4v) is 2.46. The number of rotatable bonds is 0. The molecule has 2 saturated heterocycles. The third-order valence-corrected chi connectivity index (χ3v) is 3.02. The summed E-state index contributed by atoms with van der Waals surface area (Å²) >= 11 is 0. The monoisotopic (exact) mass is 242 g/mol. The maximum absolute atomic E-state index is 12.0. The first kappa shape index (κ1) is 12.6. The summed E-state index contributed by atoms with van der Waals surface area (Å²) in [5.74, 6) is 0. The number of nitrogens with zero attached hydrogens (tertiary/aromatic N) is 2. The normalized spacial score (nSPS) is 24.6. The second kappa shape index (κ2) is 4.14. The molecule has 5 heteroatoms. The van der Waals surface area contributed by atoms with E-state index in [4.69, 9.17) is 9.47 Å². The number of hydrogen-bond donors (Lipinski definition) is 0. The molecule has 17 heavy (non-hydrogen) atoms. The Morgan fingerprint density at radius 3 is 2.47 bits per heavy atom. The van der Waals surface area contributed by atoms with Crippen LogP contribution < -0.4 is 0 Å². The fourth-order valence-electron chi connectivity index (χ4n) is 2.46. The maximum atomic E-state index is 12.0. The van der Waals surface area contributed by atoms with Gasteiger partial charge in [-0.1, -0.05) is 0 Å². The van der Waals surface area contributed by atoms with E-state index in [1.54, 1.807) is 4.90 Å². The average Bonchev–Trinajstić information content (AvgIpc) is 2.13. The molecule has 2 fully saturated rings. The van der Waals surface area contributed by atoms with Crippen molar-refractivity contribution < 1.29 is 14.3 Å². The van der Waals surface area contributed by atoms with E-state index in [0.717, 1.165) is 13.1 Å². The molecule has 1 amide bonds. The van der Waals surface area contributed by atoms with Crippen molar-refractivity contribution in [2.45, 2.75) is 32.0 Å². The summed E-state index contributed by atoms with van der Waals surface area (Å²) in [6.45, 7) is 9.33. The number of carbonyl (C=O) groups is 1. The van der Waals surface area contributed by atoms with Gasteiger partial charge in [0.2, 0.25) is 0 Å². The van der Waals surface area contributed by atoms with E-state index in [2.05, 4.69) is 11.9 Å². The lowest BCUT2D eigenvalue weighted by Gasteiger charge is -2.52. The van der Waals surface area contributed by atoms with E-state index in [-0.39, 0.29) is 11.7 Å². The van der Waals surface area contributed by atoms with Crippen LogP contribution in [0.1, 0.15) is 20.8 Å². The van der Waals surface area contributed by atoms with Gasteiger partial charge in [0.15, 0.2) is 0 Å². The smallest absolute Gasteiger partial charge is 0.410 e. The van der Waals surface area contributed by atoms with Gasteiger partial charge >= 0.3 is 6.09 Å². The first-order valence-corrected chi connectivity index (χ1v) is 6.10. The molecule has 0 atom stereocenters. The molecule has 0 aromatic carbocycles. The Bertz CT molecular complexity index is 300. The van der Waals surface area contributed by atoms with Crippen molar-refractivity contribution in [1.82, 2.24) is 9.80 Å². The second-order valence-electron chi connectivity index (χ2n) is 6.11. The molecule has 0 aromatic heterocycles. The molecule has 0 bridgehead atoms. The molecule has 2 rings (SSSR count). The van der Waals surface area contributed by atoms with Crippen molar-refractivity contribution in [2.24, 2.45) is 0 Å². The Kier molecular flexibility index (Phi) is 3.08. The molecule has 98 valence electrons. The highest BCUT2D eigenvalue weighted by Gasteiger charge is 2.47. The van der Waals surface area contributed by atoms with Crippen LogP contribution in [0.3, 0.4) is 0 Å². The van der Waals surface area contributed by atoms with Gasteiger partial charge in [0, 0.05) is 19.6 Å². The lowest BCUT2D eigenvalue weighted by molar-refractivity contribution is -0.174. The molecule has 0 aromatic rings. The topological polar surface area (TPSA) is 42.0 Å². The third-order valence-electron chi connectivity index (χ3n) is 3.02. The number of carbonyl (C=O) groups excluding carboxylic acids is 1. The van der Waals surface area contributed by atoms with Gasteiger partial charge in [0.05, 0.1) is 13.2 Å². The predicted octanol–water partition coefficient (Wildman–Crippen LogP) is 0.938. The Balaban J connectivity index is 1.91. The molecule has 0 radical (unpaired) electrons. The molecule has 2 aliphatic heterocycles. The first-order valence-electron chi connectivity index (χ1n) is 6.10. The zero-order valence-electron chi connectivity index (χ0n) is 11.2. The number of amides is 1. The minimum atomic E-state index is -0.432.